The van der Waals surface area contributed by atoms with Gasteiger partial charge in [-0.15, -0.1) is 0 Å². The minimum Gasteiger partial charge on any atom is -0.491 e. The Bertz CT molecular complexity index is 2030. The molecule has 1 aliphatic heterocycles. The summed E-state index contributed by atoms with van der Waals surface area (Å²) in [6, 6.07) is 17.8. The summed E-state index contributed by atoms with van der Waals surface area (Å²) in [6.45, 7) is 4.97. The van der Waals surface area contributed by atoms with Crippen molar-refractivity contribution >= 4 is 34.6 Å². The van der Waals surface area contributed by atoms with Crippen molar-refractivity contribution in [3.63, 3.8) is 0 Å². The standard InChI is InChI=1S/C38H43Cl2FN8O4/c1-38(25-49-42-14-15-43-49,33-12-6-28(39)20-34(33)40)53-32(23-50)24-52-31-11-13-36(35(41)21-31)46-18-16-45(17-19-46)29-7-9-30(10-8-29)47-26-44-48(37(47)51)22-27-4-2-3-5-27/h6-15,20-21,26-27,32,50H,2-5,16-19,22-25H2,1H3/t32-,38+/m0/s1. The Morgan fingerprint density at radius 3 is 2.30 bits per heavy atom. The Morgan fingerprint density at radius 2 is 1.62 bits per heavy atom. The molecule has 53 heavy (non-hydrogen) atoms. The van der Waals surface area contributed by atoms with Crippen molar-refractivity contribution in [2.24, 2.45) is 5.92 Å². The molecule has 0 amide bonds. The molecule has 0 bridgehead atoms. The maximum Gasteiger partial charge on any atom is 0.350 e. The minimum absolute atomic E-state index is 0.0441. The van der Waals surface area contributed by atoms with E-state index in [1.54, 1.807) is 58.3 Å². The van der Waals surface area contributed by atoms with E-state index < -0.39 is 17.5 Å². The molecule has 15 heteroatoms. The highest BCUT2D eigenvalue weighted by Crippen LogP contribution is 2.36. The molecule has 1 saturated carbocycles. The molecule has 3 heterocycles. The molecule has 1 aliphatic carbocycles. The van der Waals surface area contributed by atoms with Crippen LogP contribution in [-0.2, 0) is 23.4 Å². The highest BCUT2D eigenvalue weighted by atomic mass is 35.5. The van der Waals surface area contributed by atoms with Crippen LogP contribution in [-0.4, -0.2) is 79.9 Å². The first-order valence-electron chi connectivity index (χ1n) is 17.9. The fourth-order valence-corrected chi connectivity index (χ4v) is 7.93. The van der Waals surface area contributed by atoms with Crippen LogP contribution in [0.4, 0.5) is 15.8 Å². The normalized spacial score (nSPS) is 16.9. The molecule has 0 unspecified atom stereocenters. The van der Waals surface area contributed by atoms with Gasteiger partial charge in [0.1, 0.15) is 36.2 Å². The first kappa shape index (κ1) is 36.9. The number of piperazine rings is 1. The van der Waals surface area contributed by atoms with Crippen LogP contribution in [0, 0.1) is 11.7 Å². The third-order valence-electron chi connectivity index (χ3n) is 10.1. The number of rotatable bonds is 14. The predicted octanol–water partition coefficient (Wildman–Crippen LogP) is 5.96. The van der Waals surface area contributed by atoms with Gasteiger partial charge >= 0.3 is 5.69 Å². The van der Waals surface area contributed by atoms with Gasteiger partial charge in [0.05, 0.1) is 36.9 Å². The molecule has 2 fully saturated rings. The first-order valence-corrected chi connectivity index (χ1v) is 18.7. The van der Waals surface area contributed by atoms with Crippen molar-refractivity contribution in [1.29, 1.82) is 0 Å². The van der Waals surface area contributed by atoms with E-state index in [1.165, 1.54) is 23.7 Å². The third-order valence-corrected chi connectivity index (χ3v) is 10.7. The van der Waals surface area contributed by atoms with E-state index in [2.05, 4.69) is 20.2 Å². The van der Waals surface area contributed by atoms with Crippen LogP contribution in [0.5, 0.6) is 5.75 Å². The molecule has 1 N–H and O–H groups in total. The average molecular weight is 766 g/mol. The highest BCUT2D eigenvalue weighted by molar-refractivity contribution is 6.35. The summed E-state index contributed by atoms with van der Waals surface area (Å²) >= 11 is 12.7. The number of anilines is 2. The van der Waals surface area contributed by atoms with Gasteiger partial charge in [0.15, 0.2) is 0 Å². The van der Waals surface area contributed by atoms with Crippen molar-refractivity contribution in [3.8, 4) is 11.4 Å². The fourth-order valence-electron chi connectivity index (χ4n) is 7.32. The Kier molecular flexibility index (Phi) is 11.3. The van der Waals surface area contributed by atoms with Crippen molar-refractivity contribution in [2.45, 2.75) is 57.4 Å². The maximum atomic E-state index is 15.5. The summed E-state index contributed by atoms with van der Waals surface area (Å²) in [5, 5.41) is 23.9. The molecule has 2 atom stereocenters. The molecule has 0 radical (unpaired) electrons. The summed E-state index contributed by atoms with van der Waals surface area (Å²) in [5.74, 6) is 0.447. The second kappa shape index (κ2) is 16.3. The van der Waals surface area contributed by atoms with Crippen LogP contribution in [0.1, 0.15) is 38.2 Å². The van der Waals surface area contributed by atoms with Crippen LogP contribution in [0.15, 0.2) is 84.2 Å². The molecule has 280 valence electrons. The summed E-state index contributed by atoms with van der Waals surface area (Å²) in [5.41, 5.74) is 1.78. The second-order valence-electron chi connectivity index (χ2n) is 13.9. The molecule has 1 saturated heterocycles. The monoisotopic (exact) mass is 764 g/mol. The van der Waals surface area contributed by atoms with E-state index in [1.807, 2.05) is 36.1 Å². The quantitative estimate of drug-likeness (QED) is 0.146. The summed E-state index contributed by atoms with van der Waals surface area (Å²) in [7, 11) is 0. The van der Waals surface area contributed by atoms with Gasteiger partial charge in [0.25, 0.3) is 0 Å². The number of nitrogens with zero attached hydrogens (tertiary/aromatic N) is 8. The topological polar surface area (TPSA) is 116 Å². The number of aliphatic hydroxyl groups excluding tert-OH is 1. The molecule has 0 spiro atoms. The van der Waals surface area contributed by atoms with E-state index >= 15 is 4.39 Å². The van der Waals surface area contributed by atoms with Crippen LogP contribution in [0.2, 0.25) is 10.0 Å². The molecule has 7 rings (SSSR count). The average Bonchev–Trinajstić information content (AvgIpc) is 3.95. The summed E-state index contributed by atoms with van der Waals surface area (Å²) in [4.78, 5) is 18.7. The molecular weight excluding hydrogens is 722 g/mol. The number of aliphatic hydroxyl groups is 1. The number of hydrogen-bond donors (Lipinski definition) is 1. The summed E-state index contributed by atoms with van der Waals surface area (Å²) < 4.78 is 31.0. The fraction of sp³-hybridized carbons (Fsp3) is 0.421. The summed E-state index contributed by atoms with van der Waals surface area (Å²) in [6.07, 6.45) is 8.72. The van der Waals surface area contributed by atoms with E-state index in [-0.39, 0.29) is 25.4 Å². The molecule has 12 nitrogen and oxygen atoms in total. The Hall–Kier alpha value is -4.43. The third kappa shape index (κ3) is 8.54. The van der Waals surface area contributed by atoms with Crippen LogP contribution in [0.3, 0.4) is 0 Å². The number of ether oxygens (including phenoxy) is 2. The lowest BCUT2D eigenvalue weighted by molar-refractivity contribution is -0.128. The molecule has 5 aromatic rings. The van der Waals surface area contributed by atoms with Crippen molar-refractivity contribution in [2.75, 3.05) is 49.2 Å². The number of hydrogen-bond acceptors (Lipinski definition) is 9. The highest BCUT2D eigenvalue weighted by Gasteiger charge is 2.35. The van der Waals surface area contributed by atoms with Gasteiger partial charge in [-0.25, -0.2) is 18.4 Å². The SMILES string of the molecule is C[C@](Cn1nccn1)(O[C@@H](CO)COc1ccc(N2CCN(c3ccc(-n4cnn(CC5CCCC5)c4=O)cc3)CC2)c(F)c1)c1ccc(Cl)cc1Cl. The predicted molar refractivity (Wildman–Crippen MR) is 202 cm³/mol. The lowest BCUT2D eigenvalue weighted by atomic mass is 9.95. The van der Waals surface area contributed by atoms with E-state index in [0.717, 1.165) is 24.2 Å². The molecular formula is C38H43Cl2FN8O4. The number of benzene rings is 3. The van der Waals surface area contributed by atoms with Gasteiger partial charge in [0.2, 0.25) is 0 Å². The lowest BCUT2D eigenvalue weighted by Gasteiger charge is -2.37. The van der Waals surface area contributed by atoms with Gasteiger partial charge in [-0.2, -0.15) is 20.1 Å². The largest absolute Gasteiger partial charge is 0.491 e. The zero-order chi connectivity index (χ0) is 37.0. The zero-order valence-corrected chi connectivity index (χ0v) is 31.0. The molecule has 2 aliphatic rings. The van der Waals surface area contributed by atoms with Crippen molar-refractivity contribution in [3.05, 3.63) is 111 Å². The van der Waals surface area contributed by atoms with Gasteiger partial charge < -0.3 is 24.4 Å². The minimum atomic E-state index is -1.06. The number of halogens is 3. The van der Waals surface area contributed by atoms with Crippen LogP contribution in [0.25, 0.3) is 5.69 Å². The van der Waals surface area contributed by atoms with E-state index in [0.29, 0.717) is 65.7 Å². The van der Waals surface area contributed by atoms with E-state index in [4.69, 9.17) is 32.7 Å². The molecule has 2 aromatic heterocycles. The van der Waals surface area contributed by atoms with Crippen molar-refractivity contribution < 1.29 is 19.0 Å². The van der Waals surface area contributed by atoms with Gasteiger partial charge in [-0.3, -0.25) is 0 Å². The Balaban J connectivity index is 0.940. The smallest absolute Gasteiger partial charge is 0.350 e. The van der Waals surface area contributed by atoms with Gasteiger partial charge in [-0.1, -0.05) is 42.1 Å². The Labute approximate surface area is 317 Å². The maximum absolute atomic E-state index is 15.5. The zero-order valence-electron chi connectivity index (χ0n) is 29.5. The lowest BCUT2D eigenvalue weighted by Crippen LogP contribution is -2.46. The second-order valence-corrected chi connectivity index (χ2v) is 14.7. The van der Waals surface area contributed by atoms with Crippen LogP contribution >= 0.6 is 23.2 Å². The van der Waals surface area contributed by atoms with Crippen LogP contribution < -0.4 is 20.2 Å². The Morgan fingerprint density at radius 1 is 0.925 bits per heavy atom. The number of aromatic nitrogens is 6. The van der Waals surface area contributed by atoms with Crippen molar-refractivity contribution in [1.82, 2.24) is 29.3 Å². The molecule has 3 aromatic carbocycles. The van der Waals surface area contributed by atoms with Gasteiger partial charge in [-0.05, 0) is 74.2 Å². The van der Waals surface area contributed by atoms with E-state index in [9.17, 15) is 9.90 Å². The first-order chi connectivity index (χ1) is 25.7. The van der Waals surface area contributed by atoms with Gasteiger partial charge in [0, 0.05) is 60.1 Å².